The first-order valence-electron chi connectivity index (χ1n) is 11.6. The van der Waals surface area contributed by atoms with Crippen LogP contribution in [-0.4, -0.2) is 72.7 Å². The number of rotatable bonds is 9. The molecule has 0 bridgehead atoms. The third kappa shape index (κ3) is 5.12. The zero-order valence-corrected chi connectivity index (χ0v) is 21.5. The van der Waals surface area contributed by atoms with Crippen LogP contribution >= 0.6 is 23.3 Å². The van der Waals surface area contributed by atoms with Crippen LogP contribution in [0.4, 0.5) is 5.13 Å². The van der Waals surface area contributed by atoms with E-state index in [1.807, 2.05) is 12.2 Å². The number of aliphatic hydroxyl groups is 1. The number of nitrogens with zero attached hydrogens (tertiary/aromatic N) is 5. The molecular formula is C23H23N7O6S2. The van der Waals surface area contributed by atoms with Gasteiger partial charge < -0.3 is 30.9 Å². The summed E-state index contributed by atoms with van der Waals surface area (Å²) in [5, 5.41) is 27.5. The molecule has 0 aromatic carbocycles. The minimum Gasteiger partial charge on any atom is -0.545 e. The highest BCUT2D eigenvalue weighted by molar-refractivity contribution is 8.00. The van der Waals surface area contributed by atoms with Gasteiger partial charge in [-0.15, -0.1) is 11.8 Å². The van der Waals surface area contributed by atoms with E-state index in [9.17, 15) is 24.6 Å². The molecule has 1 fully saturated rings. The molecule has 198 valence electrons. The summed E-state index contributed by atoms with van der Waals surface area (Å²) in [5.74, 6) is -1.82. The van der Waals surface area contributed by atoms with Crippen LogP contribution in [-0.2, 0) is 21.0 Å². The molecule has 3 atom stereocenters. The van der Waals surface area contributed by atoms with E-state index in [0.29, 0.717) is 18.0 Å². The maximum absolute atomic E-state index is 13.2. The number of carbonyl (C=O) groups is 3. The number of allylic oxidation sites excluding steroid dienone is 1. The number of nitrogens with two attached hydrogens (primary N) is 1. The van der Waals surface area contributed by atoms with Crippen molar-refractivity contribution in [2.75, 3.05) is 18.1 Å². The number of thioether (sulfide) groups is 1. The number of aliphatic hydroxyl groups excluding tert-OH is 1. The van der Waals surface area contributed by atoms with E-state index < -0.39 is 23.3 Å². The fourth-order valence-corrected chi connectivity index (χ4v) is 6.10. The van der Waals surface area contributed by atoms with E-state index in [4.69, 9.17) is 10.6 Å². The number of β-lactam (4-membered cyclic amide) rings is 1. The van der Waals surface area contributed by atoms with Crippen molar-refractivity contribution in [2.45, 2.75) is 36.9 Å². The van der Waals surface area contributed by atoms with Crippen LogP contribution in [0.25, 0.3) is 0 Å². The third-order valence-corrected chi connectivity index (χ3v) is 8.11. The largest absolute Gasteiger partial charge is 0.545 e. The predicted molar refractivity (Wildman–Crippen MR) is 134 cm³/mol. The Morgan fingerprint density at radius 2 is 2.16 bits per heavy atom. The van der Waals surface area contributed by atoms with Crippen LogP contribution in [0, 0.1) is 0 Å². The molecule has 5 rings (SSSR count). The molecule has 38 heavy (non-hydrogen) atoms. The number of carboxylic acid groups (broad SMARTS) is 1. The number of carbonyl (C=O) groups excluding carboxylic acids is 3. The topological polar surface area (TPSA) is 187 Å². The molecule has 15 heteroatoms. The summed E-state index contributed by atoms with van der Waals surface area (Å²) in [5.41, 5.74) is 6.82. The lowest BCUT2D eigenvalue weighted by atomic mass is 10.0. The lowest BCUT2D eigenvalue weighted by molar-refractivity contribution is -0.689. The lowest BCUT2D eigenvalue weighted by Crippen LogP contribution is -2.71. The number of nitrogen functional groups attached to an aromatic ring is 1. The highest BCUT2D eigenvalue weighted by Crippen LogP contribution is 2.40. The minimum absolute atomic E-state index is 0.00635. The van der Waals surface area contributed by atoms with Gasteiger partial charge in [0.1, 0.15) is 17.5 Å². The second-order valence-electron chi connectivity index (χ2n) is 8.66. The van der Waals surface area contributed by atoms with Gasteiger partial charge in [-0.25, -0.2) is 4.57 Å². The number of carboxylic acids is 1. The smallest absolute Gasteiger partial charge is 0.278 e. The molecule has 4 N–H and O–H groups in total. The first kappa shape index (κ1) is 25.8. The van der Waals surface area contributed by atoms with Crippen molar-refractivity contribution < 1.29 is 34.0 Å². The van der Waals surface area contributed by atoms with Gasteiger partial charge in [0.15, 0.2) is 24.1 Å². The number of aromatic carboxylic acids is 1. The molecule has 2 aromatic heterocycles. The van der Waals surface area contributed by atoms with E-state index in [1.54, 1.807) is 17.0 Å². The molecular weight excluding hydrogens is 534 g/mol. The molecule has 0 saturated carbocycles. The van der Waals surface area contributed by atoms with Gasteiger partial charge in [0.2, 0.25) is 11.5 Å². The summed E-state index contributed by atoms with van der Waals surface area (Å²) in [6.07, 6.45) is 8.31. The van der Waals surface area contributed by atoms with E-state index in [0.717, 1.165) is 29.9 Å². The molecule has 13 nitrogen and oxygen atoms in total. The number of hydrogen-bond acceptors (Lipinski definition) is 12. The number of pyridine rings is 1. The Hall–Kier alpha value is -3.82. The van der Waals surface area contributed by atoms with Crippen molar-refractivity contribution in [3.63, 3.8) is 0 Å². The maximum Gasteiger partial charge on any atom is 0.278 e. The van der Waals surface area contributed by atoms with Gasteiger partial charge in [-0.05, 0) is 18.9 Å². The van der Waals surface area contributed by atoms with Gasteiger partial charge in [0, 0.05) is 40.6 Å². The van der Waals surface area contributed by atoms with Crippen LogP contribution in [0.5, 0.6) is 0 Å². The molecule has 0 radical (unpaired) electrons. The Kier molecular flexibility index (Phi) is 7.40. The van der Waals surface area contributed by atoms with E-state index in [-0.39, 0.29) is 40.8 Å². The summed E-state index contributed by atoms with van der Waals surface area (Å²) in [6, 6.07) is 1.99. The Labute approximate surface area is 224 Å². The van der Waals surface area contributed by atoms with Crippen LogP contribution in [0.2, 0.25) is 0 Å². The van der Waals surface area contributed by atoms with Gasteiger partial charge in [-0.2, -0.15) is 9.36 Å². The van der Waals surface area contributed by atoms with E-state index >= 15 is 0 Å². The Morgan fingerprint density at radius 1 is 1.37 bits per heavy atom. The number of amides is 2. The Bertz CT molecular complexity index is 1360. The average molecular weight is 558 g/mol. The fraction of sp³-hybridized carbons (Fsp3) is 0.348. The monoisotopic (exact) mass is 557 g/mol. The number of anilines is 1. The minimum atomic E-state index is -1.27. The van der Waals surface area contributed by atoms with Gasteiger partial charge in [0.25, 0.3) is 11.8 Å². The van der Waals surface area contributed by atoms with Crippen LogP contribution in [0.15, 0.2) is 53.1 Å². The first-order valence-corrected chi connectivity index (χ1v) is 13.5. The highest BCUT2D eigenvalue weighted by atomic mass is 32.2. The van der Waals surface area contributed by atoms with Gasteiger partial charge in [-0.3, -0.25) is 14.5 Å². The lowest BCUT2D eigenvalue weighted by Gasteiger charge is -2.50. The van der Waals surface area contributed by atoms with E-state index in [2.05, 4.69) is 19.8 Å². The summed E-state index contributed by atoms with van der Waals surface area (Å²) in [4.78, 5) is 48.2. The quantitative estimate of drug-likeness (QED) is 0.108. The van der Waals surface area contributed by atoms with E-state index in [1.165, 1.54) is 28.8 Å². The van der Waals surface area contributed by atoms with Gasteiger partial charge in [-0.1, -0.05) is 11.2 Å². The fourth-order valence-electron chi connectivity index (χ4n) is 4.28. The zero-order valence-electron chi connectivity index (χ0n) is 19.9. The van der Waals surface area contributed by atoms with Crippen molar-refractivity contribution in [1.29, 1.82) is 0 Å². The number of aromatic nitrogens is 3. The van der Waals surface area contributed by atoms with Crippen molar-refractivity contribution >= 4 is 51.9 Å². The summed E-state index contributed by atoms with van der Waals surface area (Å²) >= 11 is 2.35. The Morgan fingerprint density at radius 3 is 2.79 bits per heavy atom. The number of hydrogen-bond donors (Lipinski definition) is 3. The SMILES string of the molecule is Nc1nc(C(=NOC2C=CCC2)C(=O)NC2C(=O)N3C(CO)=C(C[n+]4ccc(C(=O)[O-])cc4)CS[C@@H]23)ns1. The third-order valence-electron chi connectivity index (χ3n) is 6.22. The van der Waals surface area contributed by atoms with Crippen molar-refractivity contribution in [3.05, 3.63) is 59.3 Å². The molecule has 4 heterocycles. The van der Waals surface area contributed by atoms with Crippen molar-refractivity contribution in [3.8, 4) is 0 Å². The number of oxime groups is 1. The van der Waals surface area contributed by atoms with Crippen LogP contribution in [0.3, 0.4) is 0 Å². The second-order valence-corrected chi connectivity index (χ2v) is 10.5. The molecule has 2 amide bonds. The normalized spacial score (nSPS) is 22.8. The standard InChI is InChI=1S/C23H23N7O6S2/c24-23-26-18(28-38-23)16(27-36-14-3-1-2-4-14)19(32)25-17-20(33)30-15(10-31)13(11-37-21(17)30)9-29-7-5-12(6-8-29)22(34)35/h1,3,5-8,14,17,21,31H,2,4,9-11H2,(H3-,24,25,26,28,32,34,35)/t14?,17?,21-/m0/s1. The summed E-state index contributed by atoms with van der Waals surface area (Å²) in [7, 11) is 0. The maximum atomic E-state index is 13.2. The molecule has 2 aromatic rings. The van der Waals surface area contributed by atoms with Gasteiger partial charge >= 0.3 is 0 Å². The van der Waals surface area contributed by atoms with Crippen LogP contribution < -0.4 is 20.7 Å². The van der Waals surface area contributed by atoms with Crippen molar-refractivity contribution in [2.24, 2.45) is 5.16 Å². The number of fused-ring (bicyclic) bond motifs is 1. The highest BCUT2D eigenvalue weighted by Gasteiger charge is 2.53. The zero-order chi connectivity index (χ0) is 26.8. The number of nitrogens with one attached hydrogen (secondary N) is 1. The van der Waals surface area contributed by atoms with Crippen LogP contribution in [0.1, 0.15) is 29.0 Å². The molecule has 1 saturated heterocycles. The molecule has 2 unspecified atom stereocenters. The Balaban J connectivity index is 1.30. The molecule has 2 aliphatic heterocycles. The molecule has 3 aliphatic rings. The summed E-state index contributed by atoms with van der Waals surface area (Å²) < 4.78 is 5.81. The van der Waals surface area contributed by atoms with Gasteiger partial charge in [0.05, 0.1) is 18.3 Å². The predicted octanol–water partition coefficient (Wildman–Crippen LogP) is -1.44. The molecule has 1 aliphatic carbocycles. The first-order chi connectivity index (χ1) is 18.4. The summed E-state index contributed by atoms with van der Waals surface area (Å²) in [6.45, 7) is -0.0155. The molecule has 0 spiro atoms. The van der Waals surface area contributed by atoms with Crippen molar-refractivity contribution in [1.82, 2.24) is 19.6 Å². The second kappa shape index (κ2) is 10.9. The average Bonchev–Trinajstić information content (AvgIpc) is 3.59.